The lowest BCUT2D eigenvalue weighted by Gasteiger charge is -2.30. The molecule has 1 fully saturated rings. The Morgan fingerprint density at radius 3 is 2.50 bits per heavy atom. The molecule has 0 spiro atoms. The van der Waals surface area contributed by atoms with E-state index in [-0.39, 0.29) is 30.1 Å². The van der Waals surface area contributed by atoms with Crippen LogP contribution < -0.4 is 11.1 Å². The number of hydrogen-bond donors (Lipinski definition) is 2. The summed E-state index contributed by atoms with van der Waals surface area (Å²) in [6.45, 7) is 0.441. The van der Waals surface area contributed by atoms with Gasteiger partial charge in [-0.1, -0.05) is 12.1 Å². The third-order valence-electron chi connectivity index (χ3n) is 4.43. The third-order valence-corrected chi connectivity index (χ3v) is 4.43. The van der Waals surface area contributed by atoms with Crippen LogP contribution in [0.15, 0.2) is 24.3 Å². The first-order chi connectivity index (χ1) is 10.6. The molecule has 0 aromatic heterocycles. The Hall–Kier alpha value is -1.75. The maximum atomic E-state index is 12.8. The van der Waals surface area contributed by atoms with E-state index in [1.165, 1.54) is 12.1 Å². The first kappa shape index (κ1) is 16.6. The van der Waals surface area contributed by atoms with E-state index in [2.05, 4.69) is 5.32 Å². The first-order valence-electron chi connectivity index (χ1n) is 7.80. The van der Waals surface area contributed by atoms with Gasteiger partial charge in [-0.25, -0.2) is 4.39 Å². The fourth-order valence-corrected chi connectivity index (χ4v) is 2.96. The van der Waals surface area contributed by atoms with Gasteiger partial charge in [0.05, 0.1) is 6.42 Å². The molecule has 0 radical (unpaired) electrons. The molecular weight excluding hydrogens is 283 g/mol. The van der Waals surface area contributed by atoms with E-state index < -0.39 is 0 Å². The predicted molar refractivity (Wildman–Crippen MR) is 82.6 cm³/mol. The van der Waals surface area contributed by atoms with Crippen LogP contribution in [0.2, 0.25) is 0 Å². The second-order valence-electron chi connectivity index (χ2n) is 6.08. The fourth-order valence-electron chi connectivity index (χ4n) is 2.96. The molecule has 1 unspecified atom stereocenters. The van der Waals surface area contributed by atoms with E-state index in [9.17, 15) is 14.0 Å². The number of carbonyl (C=O) groups excluding carboxylic acids is 2. The standard InChI is InChI=1S/C17H23FN2O2/c18-15-7-3-12(4-8-15)9-17(22)20-10-16(19)14-5-1-13(11-21)2-6-14/h3-4,7-8,11,13-14,16H,1-2,5-6,9-10,19H2,(H,20,22). The molecule has 1 atom stereocenters. The van der Waals surface area contributed by atoms with Gasteiger partial charge in [-0.05, 0) is 49.3 Å². The Kier molecular flexibility index (Phi) is 6.07. The molecule has 4 nitrogen and oxygen atoms in total. The summed E-state index contributed by atoms with van der Waals surface area (Å²) in [4.78, 5) is 22.6. The van der Waals surface area contributed by atoms with Crippen molar-refractivity contribution in [2.24, 2.45) is 17.6 Å². The summed E-state index contributed by atoms with van der Waals surface area (Å²) in [5.74, 6) is 0.125. The number of hydrogen-bond acceptors (Lipinski definition) is 3. The molecule has 0 bridgehead atoms. The van der Waals surface area contributed by atoms with Crippen molar-refractivity contribution >= 4 is 12.2 Å². The molecular formula is C17H23FN2O2. The Labute approximate surface area is 130 Å². The molecule has 1 aromatic rings. The zero-order valence-electron chi connectivity index (χ0n) is 12.6. The maximum Gasteiger partial charge on any atom is 0.224 e. The van der Waals surface area contributed by atoms with Crippen LogP contribution in [0.25, 0.3) is 0 Å². The number of benzene rings is 1. The molecule has 1 aliphatic rings. The molecule has 5 heteroatoms. The highest BCUT2D eigenvalue weighted by Crippen LogP contribution is 2.28. The van der Waals surface area contributed by atoms with Crippen LogP contribution in [0.5, 0.6) is 0 Å². The number of halogens is 1. The van der Waals surface area contributed by atoms with Gasteiger partial charge in [0.2, 0.25) is 5.91 Å². The normalized spacial score (nSPS) is 22.8. The predicted octanol–water partition coefficient (Wildman–Crippen LogP) is 1.82. The summed E-state index contributed by atoms with van der Waals surface area (Å²) in [6.07, 6.45) is 4.94. The van der Waals surface area contributed by atoms with Crippen molar-refractivity contribution in [3.8, 4) is 0 Å². The van der Waals surface area contributed by atoms with Crippen molar-refractivity contribution in [1.29, 1.82) is 0 Å². The number of rotatable bonds is 6. The summed E-state index contributed by atoms with van der Waals surface area (Å²) in [6, 6.07) is 5.83. The largest absolute Gasteiger partial charge is 0.354 e. The van der Waals surface area contributed by atoms with Gasteiger partial charge in [0.15, 0.2) is 0 Å². The van der Waals surface area contributed by atoms with Crippen LogP contribution in [0.4, 0.5) is 4.39 Å². The number of carbonyl (C=O) groups is 2. The number of amides is 1. The van der Waals surface area contributed by atoms with Gasteiger partial charge in [-0.3, -0.25) is 4.79 Å². The summed E-state index contributed by atoms with van der Waals surface area (Å²) in [7, 11) is 0. The van der Waals surface area contributed by atoms with Crippen LogP contribution in [-0.2, 0) is 16.0 Å². The molecule has 1 aliphatic carbocycles. The zero-order valence-corrected chi connectivity index (χ0v) is 12.6. The van der Waals surface area contributed by atoms with Crippen molar-refractivity contribution < 1.29 is 14.0 Å². The zero-order chi connectivity index (χ0) is 15.9. The highest BCUT2D eigenvalue weighted by molar-refractivity contribution is 5.78. The lowest BCUT2D eigenvalue weighted by molar-refractivity contribution is -0.120. The van der Waals surface area contributed by atoms with Crippen molar-refractivity contribution in [1.82, 2.24) is 5.32 Å². The van der Waals surface area contributed by atoms with Crippen LogP contribution >= 0.6 is 0 Å². The second kappa shape index (κ2) is 8.03. The maximum absolute atomic E-state index is 12.8. The summed E-state index contributed by atoms with van der Waals surface area (Å²) in [5, 5.41) is 2.84. The molecule has 2 rings (SSSR count). The van der Waals surface area contributed by atoms with E-state index in [4.69, 9.17) is 5.73 Å². The average molecular weight is 306 g/mol. The van der Waals surface area contributed by atoms with Crippen molar-refractivity contribution in [3.63, 3.8) is 0 Å². The quantitative estimate of drug-likeness (QED) is 0.787. The third kappa shape index (κ3) is 4.91. The van der Waals surface area contributed by atoms with Crippen LogP contribution in [-0.4, -0.2) is 24.8 Å². The molecule has 3 N–H and O–H groups in total. The van der Waals surface area contributed by atoms with Gasteiger partial charge in [-0.15, -0.1) is 0 Å². The van der Waals surface area contributed by atoms with E-state index in [0.717, 1.165) is 37.5 Å². The molecule has 1 saturated carbocycles. The average Bonchev–Trinajstić information content (AvgIpc) is 2.55. The Bertz CT molecular complexity index is 496. The van der Waals surface area contributed by atoms with Gasteiger partial charge in [0, 0.05) is 18.5 Å². The van der Waals surface area contributed by atoms with Crippen LogP contribution in [0.1, 0.15) is 31.2 Å². The lowest BCUT2D eigenvalue weighted by atomic mass is 9.79. The minimum Gasteiger partial charge on any atom is -0.354 e. The van der Waals surface area contributed by atoms with Crippen LogP contribution in [0.3, 0.4) is 0 Å². The van der Waals surface area contributed by atoms with Gasteiger partial charge >= 0.3 is 0 Å². The minimum atomic E-state index is -0.308. The highest BCUT2D eigenvalue weighted by atomic mass is 19.1. The van der Waals surface area contributed by atoms with Gasteiger partial charge < -0.3 is 15.8 Å². The molecule has 120 valence electrons. The van der Waals surface area contributed by atoms with Gasteiger partial charge in [0.25, 0.3) is 0 Å². The molecule has 0 saturated heterocycles. The smallest absolute Gasteiger partial charge is 0.224 e. The molecule has 22 heavy (non-hydrogen) atoms. The van der Waals surface area contributed by atoms with E-state index in [1.54, 1.807) is 12.1 Å². The van der Waals surface area contributed by atoms with Gasteiger partial charge in [0.1, 0.15) is 12.1 Å². The summed E-state index contributed by atoms with van der Waals surface area (Å²) < 4.78 is 12.8. The number of nitrogens with one attached hydrogen (secondary N) is 1. The topological polar surface area (TPSA) is 72.2 Å². The fraction of sp³-hybridized carbons (Fsp3) is 0.529. The molecule has 0 heterocycles. The Morgan fingerprint density at radius 1 is 1.27 bits per heavy atom. The summed E-state index contributed by atoms with van der Waals surface area (Å²) >= 11 is 0. The van der Waals surface area contributed by atoms with E-state index in [0.29, 0.717) is 12.5 Å². The first-order valence-corrected chi connectivity index (χ1v) is 7.80. The Balaban J connectivity index is 1.71. The van der Waals surface area contributed by atoms with E-state index in [1.807, 2.05) is 0 Å². The van der Waals surface area contributed by atoms with Crippen molar-refractivity contribution in [2.45, 2.75) is 38.1 Å². The summed E-state index contributed by atoms with van der Waals surface area (Å²) in [5.41, 5.74) is 6.92. The van der Waals surface area contributed by atoms with E-state index >= 15 is 0 Å². The minimum absolute atomic E-state index is 0.0789. The van der Waals surface area contributed by atoms with Gasteiger partial charge in [-0.2, -0.15) is 0 Å². The number of aldehydes is 1. The molecule has 1 amide bonds. The van der Waals surface area contributed by atoms with Crippen LogP contribution in [0, 0.1) is 17.7 Å². The lowest BCUT2D eigenvalue weighted by Crippen LogP contribution is -2.43. The molecule has 1 aromatic carbocycles. The second-order valence-corrected chi connectivity index (χ2v) is 6.08. The SMILES string of the molecule is NC(CNC(=O)Cc1ccc(F)cc1)C1CCC(C=O)CC1. The Morgan fingerprint density at radius 2 is 1.91 bits per heavy atom. The van der Waals surface area contributed by atoms with Crippen molar-refractivity contribution in [2.75, 3.05) is 6.54 Å². The van der Waals surface area contributed by atoms with Crippen molar-refractivity contribution in [3.05, 3.63) is 35.6 Å². The monoisotopic (exact) mass is 306 g/mol. The molecule has 0 aliphatic heterocycles. The highest BCUT2D eigenvalue weighted by Gasteiger charge is 2.25. The number of nitrogens with two attached hydrogens (primary N) is 1.